The quantitative estimate of drug-likeness (QED) is 0.519. The van der Waals surface area contributed by atoms with Gasteiger partial charge in [-0.2, -0.15) is 31.4 Å². The molecule has 0 spiro atoms. The Morgan fingerprint density at radius 2 is 1.97 bits per heavy atom. The molecule has 0 bridgehead atoms. The number of ether oxygens (including phenoxy) is 1. The first-order valence-electron chi connectivity index (χ1n) is 10.6. The zero-order valence-corrected chi connectivity index (χ0v) is 18.5. The molecule has 1 aliphatic rings. The molecule has 1 aliphatic heterocycles. The molecule has 1 aromatic carbocycles. The average Bonchev–Trinajstić information content (AvgIpc) is 3.32. The molecule has 1 saturated heterocycles. The van der Waals surface area contributed by atoms with E-state index in [1.165, 1.54) is 33.8 Å². The van der Waals surface area contributed by atoms with Crippen LogP contribution in [0.5, 0.6) is 5.75 Å². The predicted molar refractivity (Wildman–Crippen MR) is 113 cm³/mol. The van der Waals surface area contributed by atoms with E-state index in [0.717, 1.165) is 6.20 Å². The van der Waals surface area contributed by atoms with Gasteiger partial charge in [0.15, 0.2) is 5.69 Å². The monoisotopic (exact) mass is 501 g/mol. The van der Waals surface area contributed by atoms with E-state index >= 15 is 0 Å². The predicted octanol–water partition coefficient (Wildman–Crippen LogP) is 3.93. The lowest BCUT2D eigenvalue weighted by molar-refractivity contribution is -0.144. The van der Waals surface area contributed by atoms with Crippen LogP contribution in [0.25, 0.3) is 10.9 Å². The Hall–Kier alpha value is -3.35. The molecule has 7 nitrogen and oxygen atoms in total. The number of aryl methyl sites for hydroxylation is 1. The molecule has 0 radical (unpaired) electrons. The van der Waals surface area contributed by atoms with Gasteiger partial charge >= 0.3 is 12.4 Å². The molecule has 3 heterocycles. The van der Waals surface area contributed by atoms with Crippen molar-refractivity contribution in [1.29, 1.82) is 0 Å². The van der Waals surface area contributed by atoms with Crippen LogP contribution in [-0.4, -0.2) is 57.4 Å². The number of hydrogen-bond acceptors (Lipinski definition) is 5. The average molecular weight is 501 g/mol. The maximum absolute atomic E-state index is 13.2. The highest BCUT2D eigenvalue weighted by Crippen LogP contribution is 2.31. The number of hydrogen-bond donors (Lipinski definition) is 1. The maximum atomic E-state index is 13.2. The number of benzene rings is 1. The van der Waals surface area contributed by atoms with E-state index in [2.05, 4.69) is 15.4 Å². The number of carbonyl (C=O) groups excluding carboxylic acids is 1. The number of halogens is 6. The van der Waals surface area contributed by atoms with Crippen molar-refractivity contribution < 1.29 is 35.9 Å². The number of nitrogens with zero attached hydrogens (tertiary/aromatic N) is 4. The van der Waals surface area contributed by atoms with Crippen LogP contribution in [0.1, 0.15) is 28.2 Å². The van der Waals surface area contributed by atoms with Crippen LogP contribution >= 0.6 is 0 Å². The number of nitrogens with one attached hydrogen (secondary N) is 1. The Labute approximate surface area is 195 Å². The van der Waals surface area contributed by atoms with Gasteiger partial charge in [0, 0.05) is 43.3 Å². The summed E-state index contributed by atoms with van der Waals surface area (Å²) in [5, 5.41) is 7.41. The Morgan fingerprint density at radius 3 is 2.69 bits per heavy atom. The van der Waals surface area contributed by atoms with Crippen molar-refractivity contribution in [2.75, 3.05) is 19.6 Å². The molecule has 1 fully saturated rings. The molecule has 35 heavy (non-hydrogen) atoms. The molecule has 3 aromatic rings. The number of alkyl halides is 6. The van der Waals surface area contributed by atoms with Gasteiger partial charge in [-0.15, -0.1) is 0 Å². The van der Waals surface area contributed by atoms with Crippen molar-refractivity contribution in [2.24, 2.45) is 7.05 Å². The number of pyridine rings is 1. The minimum atomic E-state index is -4.63. The van der Waals surface area contributed by atoms with E-state index in [-0.39, 0.29) is 30.1 Å². The molecular formula is C22H21F6N5O2. The van der Waals surface area contributed by atoms with Gasteiger partial charge in [0.1, 0.15) is 18.1 Å². The molecule has 1 unspecified atom stereocenters. The number of carbonyl (C=O) groups is 1. The lowest BCUT2D eigenvalue weighted by atomic mass is 10.1. The maximum Gasteiger partial charge on any atom is 0.433 e. The van der Waals surface area contributed by atoms with E-state index in [1.54, 1.807) is 13.1 Å². The second kappa shape index (κ2) is 9.36. The number of rotatable bonds is 6. The highest BCUT2D eigenvalue weighted by Gasteiger charge is 2.36. The van der Waals surface area contributed by atoms with Gasteiger partial charge in [-0.3, -0.25) is 19.4 Å². The highest BCUT2D eigenvalue weighted by molar-refractivity contribution is 6.05. The smallest absolute Gasteiger partial charge is 0.433 e. The Balaban J connectivity index is 1.49. The van der Waals surface area contributed by atoms with Crippen molar-refractivity contribution in [3.8, 4) is 5.75 Å². The van der Waals surface area contributed by atoms with Crippen molar-refractivity contribution >= 4 is 16.8 Å². The fraction of sp³-hybridized carbons (Fsp3) is 0.409. The van der Waals surface area contributed by atoms with Gasteiger partial charge in [0.2, 0.25) is 0 Å². The molecular weight excluding hydrogens is 480 g/mol. The molecule has 1 amide bonds. The van der Waals surface area contributed by atoms with Gasteiger partial charge in [-0.05, 0) is 30.7 Å². The van der Waals surface area contributed by atoms with Crippen LogP contribution in [0.2, 0.25) is 0 Å². The lowest BCUT2D eigenvalue weighted by Crippen LogP contribution is -2.39. The van der Waals surface area contributed by atoms with Gasteiger partial charge in [-0.1, -0.05) is 6.07 Å². The zero-order valence-electron chi connectivity index (χ0n) is 18.5. The third-order valence-electron chi connectivity index (χ3n) is 5.58. The lowest BCUT2D eigenvalue weighted by Gasteiger charge is -2.18. The van der Waals surface area contributed by atoms with E-state index < -0.39 is 43.1 Å². The van der Waals surface area contributed by atoms with Crippen LogP contribution in [0.4, 0.5) is 26.3 Å². The Bertz CT molecular complexity index is 1220. The molecule has 4 rings (SSSR count). The van der Waals surface area contributed by atoms with Gasteiger partial charge in [0.05, 0.1) is 12.1 Å². The molecule has 1 N–H and O–H groups in total. The highest BCUT2D eigenvalue weighted by atomic mass is 19.4. The van der Waals surface area contributed by atoms with Crippen molar-refractivity contribution in [3.05, 3.63) is 53.5 Å². The zero-order chi connectivity index (χ0) is 25.4. The summed E-state index contributed by atoms with van der Waals surface area (Å²) in [5.74, 6) is -0.300. The summed E-state index contributed by atoms with van der Waals surface area (Å²) in [7, 11) is 1.55. The van der Waals surface area contributed by atoms with Gasteiger partial charge in [-0.25, -0.2) is 0 Å². The minimum Gasteiger partial charge on any atom is -0.489 e. The molecule has 13 heteroatoms. The van der Waals surface area contributed by atoms with Crippen LogP contribution in [0.3, 0.4) is 0 Å². The van der Waals surface area contributed by atoms with Crippen LogP contribution < -0.4 is 10.1 Å². The van der Waals surface area contributed by atoms with Crippen molar-refractivity contribution in [2.45, 2.75) is 31.4 Å². The number of amides is 1. The number of aromatic nitrogens is 3. The first-order valence-corrected chi connectivity index (χ1v) is 10.6. The van der Waals surface area contributed by atoms with Crippen LogP contribution in [0.15, 0.2) is 36.5 Å². The summed E-state index contributed by atoms with van der Waals surface area (Å²) in [6.07, 6.45) is -7.52. The van der Waals surface area contributed by atoms with Crippen molar-refractivity contribution in [3.63, 3.8) is 0 Å². The summed E-state index contributed by atoms with van der Waals surface area (Å²) in [6.45, 7) is -1.15. The van der Waals surface area contributed by atoms with E-state index in [9.17, 15) is 31.1 Å². The SMILES string of the molecule is Cn1nc2ccc(OCc3cccnc3C(F)(F)F)cc2c1C(=O)NC1CCN(CC(F)(F)F)C1. The number of fused-ring (bicyclic) bond motifs is 1. The normalized spacial score (nSPS) is 17.2. The van der Waals surface area contributed by atoms with Crippen molar-refractivity contribution in [1.82, 2.24) is 25.0 Å². The third-order valence-corrected chi connectivity index (χ3v) is 5.58. The minimum absolute atomic E-state index is 0.0715. The summed E-state index contributed by atoms with van der Waals surface area (Å²) in [5.41, 5.74) is -0.572. The second-order valence-corrected chi connectivity index (χ2v) is 8.26. The van der Waals surface area contributed by atoms with Crippen LogP contribution in [-0.2, 0) is 19.8 Å². The fourth-order valence-electron chi connectivity index (χ4n) is 4.11. The standard InChI is InChI=1S/C22H21F6N5O2/c1-32-18(20(34)30-14-6-8-33(10-14)12-21(23,24)25)16-9-15(4-5-17(16)31-32)35-11-13-3-2-7-29-19(13)22(26,27)28/h2-5,7,9,14H,6,8,10-12H2,1H3,(H,30,34). The molecule has 0 saturated carbocycles. The Morgan fingerprint density at radius 1 is 1.20 bits per heavy atom. The molecule has 188 valence electrons. The molecule has 2 aromatic heterocycles. The molecule has 1 atom stereocenters. The largest absolute Gasteiger partial charge is 0.489 e. The van der Waals surface area contributed by atoms with Gasteiger partial charge in [0.25, 0.3) is 5.91 Å². The summed E-state index contributed by atoms with van der Waals surface area (Å²) in [4.78, 5) is 17.6. The third kappa shape index (κ3) is 5.84. The van der Waals surface area contributed by atoms with Crippen LogP contribution in [0, 0.1) is 0 Å². The van der Waals surface area contributed by atoms with Gasteiger partial charge < -0.3 is 10.1 Å². The first kappa shape index (κ1) is 24.8. The topological polar surface area (TPSA) is 72.3 Å². The summed E-state index contributed by atoms with van der Waals surface area (Å²) >= 11 is 0. The van der Waals surface area contributed by atoms with E-state index in [0.29, 0.717) is 17.3 Å². The number of likely N-dealkylation sites (tertiary alicyclic amines) is 1. The van der Waals surface area contributed by atoms with E-state index in [4.69, 9.17) is 4.74 Å². The summed E-state index contributed by atoms with van der Waals surface area (Å²) in [6, 6.07) is 6.76. The first-order chi connectivity index (χ1) is 16.4. The second-order valence-electron chi connectivity index (χ2n) is 8.26. The Kier molecular flexibility index (Phi) is 6.62. The fourth-order valence-corrected chi connectivity index (χ4v) is 4.11. The molecule has 0 aliphatic carbocycles. The van der Waals surface area contributed by atoms with E-state index in [1.807, 2.05) is 0 Å². The summed E-state index contributed by atoms with van der Waals surface area (Å²) < 4.78 is 84.3.